The Bertz CT molecular complexity index is 307. The van der Waals surface area contributed by atoms with E-state index in [0.717, 1.165) is 0 Å². The summed E-state index contributed by atoms with van der Waals surface area (Å²) in [6.45, 7) is 0. The summed E-state index contributed by atoms with van der Waals surface area (Å²) in [4.78, 5) is 28.8. The normalized spacial score (nSPS) is 7.53. The summed E-state index contributed by atoms with van der Waals surface area (Å²) < 4.78 is 6.47. The molecule has 0 aliphatic rings. The van der Waals surface area contributed by atoms with Gasteiger partial charge in [-0.3, -0.25) is 0 Å². The van der Waals surface area contributed by atoms with E-state index in [-0.39, 0.29) is 17.1 Å². The molecule has 0 aliphatic carbocycles. The fourth-order valence-corrected chi connectivity index (χ4v) is 0.548. The monoisotopic (exact) mass is 284 g/mol. The smallest absolute Gasteiger partial charge is 0.449 e. The number of carbonyl (C=O) groups excluding carboxylic acids is 1. The summed E-state index contributed by atoms with van der Waals surface area (Å²) in [5, 5.41) is 15.4. The Morgan fingerprint density at radius 3 is 1.12 bits per heavy atom. The van der Waals surface area contributed by atoms with Crippen LogP contribution in [0.15, 0.2) is 36.4 Å². The van der Waals surface area contributed by atoms with Gasteiger partial charge in [0, 0.05) is 17.1 Å². The number of carboxylic acid groups (broad SMARTS) is 2. The molecule has 0 bridgehead atoms. The number of ether oxygens (including phenoxy) is 2. The van der Waals surface area contributed by atoms with Crippen molar-refractivity contribution >= 4 is 18.5 Å². The van der Waals surface area contributed by atoms with Gasteiger partial charge in [0.1, 0.15) is 0 Å². The van der Waals surface area contributed by atoms with Gasteiger partial charge in [0.15, 0.2) is 0 Å². The molecule has 8 heteroatoms. The molecule has 0 spiro atoms. The van der Waals surface area contributed by atoms with E-state index in [2.05, 4.69) is 9.47 Å². The Morgan fingerprint density at radius 1 is 0.706 bits per heavy atom. The van der Waals surface area contributed by atoms with Gasteiger partial charge in [0.2, 0.25) is 0 Å². The molecule has 17 heavy (non-hydrogen) atoms. The van der Waals surface area contributed by atoms with Gasteiger partial charge in [-0.05, 0) is 0 Å². The standard InChI is InChI=1S/C6H6.C3H2O7.Fe/c1-2-4-6-5-3-1;4-1(5)9-3(8)10-2(6)7;/h1-6H;(H,4,5)(H,6,7);. The van der Waals surface area contributed by atoms with Crippen molar-refractivity contribution in [1.29, 1.82) is 0 Å². The molecule has 94 valence electrons. The topological polar surface area (TPSA) is 110 Å². The third kappa shape index (κ3) is 13.9. The van der Waals surface area contributed by atoms with Gasteiger partial charge >= 0.3 is 18.5 Å². The van der Waals surface area contributed by atoms with Crippen molar-refractivity contribution in [1.82, 2.24) is 0 Å². The largest absolute Gasteiger partial charge is 0.528 e. The van der Waals surface area contributed by atoms with E-state index in [1.807, 2.05) is 36.4 Å². The minimum absolute atomic E-state index is 0. The number of rotatable bonds is 0. The molecule has 0 amide bonds. The SMILES string of the molecule is O=C(O)OC(=O)OC(=O)O.[Fe].c1ccccc1. The molecule has 0 radical (unpaired) electrons. The van der Waals surface area contributed by atoms with Gasteiger partial charge in [-0.1, -0.05) is 36.4 Å². The Morgan fingerprint density at radius 2 is 0.941 bits per heavy atom. The molecule has 1 aromatic rings. The number of carbonyl (C=O) groups is 3. The van der Waals surface area contributed by atoms with E-state index >= 15 is 0 Å². The first-order valence-electron chi connectivity index (χ1n) is 3.88. The molecule has 0 aromatic heterocycles. The predicted octanol–water partition coefficient (Wildman–Crippen LogP) is 2.18. The summed E-state index contributed by atoms with van der Waals surface area (Å²) >= 11 is 0. The Labute approximate surface area is 106 Å². The first-order chi connectivity index (χ1) is 7.52. The molecular weight excluding hydrogens is 276 g/mol. The third-order valence-electron chi connectivity index (χ3n) is 1.01. The second-order valence-corrected chi connectivity index (χ2v) is 2.14. The summed E-state index contributed by atoms with van der Waals surface area (Å²) in [6, 6.07) is 12.0. The molecule has 2 N–H and O–H groups in total. The molecule has 0 fully saturated rings. The maximum absolute atomic E-state index is 9.86. The summed E-state index contributed by atoms with van der Waals surface area (Å²) in [6.07, 6.45) is -5.64. The Balaban J connectivity index is 0. The van der Waals surface area contributed by atoms with Crippen LogP contribution in [0, 0.1) is 0 Å². The van der Waals surface area contributed by atoms with Crippen LogP contribution in [0.4, 0.5) is 14.4 Å². The number of hydrogen-bond donors (Lipinski definition) is 2. The molecule has 0 heterocycles. The van der Waals surface area contributed by atoms with Crippen molar-refractivity contribution in [3.05, 3.63) is 36.4 Å². The molecule has 0 saturated carbocycles. The van der Waals surface area contributed by atoms with Crippen molar-refractivity contribution in [3.63, 3.8) is 0 Å². The summed E-state index contributed by atoms with van der Waals surface area (Å²) in [5.41, 5.74) is 0. The van der Waals surface area contributed by atoms with Crippen LogP contribution in [0.2, 0.25) is 0 Å². The Kier molecular flexibility index (Phi) is 10.7. The van der Waals surface area contributed by atoms with Crippen LogP contribution in [0.25, 0.3) is 0 Å². The van der Waals surface area contributed by atoms with Crippen LogP contribution in [0.1, 0.15) is 0 Å². The van der Waals surface area contributed by atoms with Crippen molar-refractivity contribution in [2.45, 2.75) is 0 Å². The zero-order chi connectivity index (χ0) is 12.4. The van der Waals surface area contributed by atoms with Gasteiger partial charge in [-0.2, -0.15) is 0 Å². The second-order valence-electron chi connectivity index (χ2n) is 2.14. The van der Waals surface area contributed by atoms with Gasteiger partial charge in [0.05, 0.1) is 0 Å². The second kappa shape index (κ2) is 10.5. The van der Waals surface area contributed by atoms with Crippen LogP contribution in [0.3, 0.4) is 0 Å². The zero-order valence-corrected chi connectivity index (χ0v) is 9.36. The quantitative estimate of drug-likeness (QED) is 0.426. The minimum atomic E-state index is -1.92. The first kappa shape index (κ1) is 17.3. The molecule has 0 aliphatic heterocycles. The van der Waals surface area contributed by atoms with Crippen LogP contribution in [-0.4, -0.2) is 28.7 Å². The molecule has 1 rings (SSSR count). The van der Waals surface area contributed by atoms with E-state index in [9.17, 15) is 14.4 Å². The summed E-state index contributed by atoms with van der Waals surface area (Å²) in [5.74, 6) is 0. The number of benzene rings is 1. The van der Waals surface area contributed by atoms with Crippen molar-refractivity contribution in [3.8, 4) is 0 Å². The fraction of sp³-hybridized carbons (Fsp3) is 0. The molecular formula is C9H8FeO7. The van der Waals surface area contributed by atoms with E-state index < -0.39 is 18.5 Å². The van der Waals surface area contributed by atoms with Gasteiger partial charge < -0.3 is 19.7 Å². The maximum Gasteiger partial charge on any atom is 0.528 e. The number of hydrogen-bond acceptors (Lipinski definition) is 5. The molecule has 0 unspecified atom stereocenters. The molecule has 0 atom stereocenters. The maximum atomic E-state index is 9.86. The van der Waals surface area contributed by atoms with Crippen LogP contribution >= 0.6 is 0 Å². The molecule has 1 aromatic carbocycles. The molecule has 0 saturated heterocycles. The van der Waals surface area contributed by atoms with E-state index in [1.54, 1.807) is 0 Å². The van der Waals surface area contributed by atoms with Crippen LogP contribution in [0.5, 0.6) is 0 Å². The fourth-order valence-electron chi connectivity index (χ4n) is 0.548. The van der Waals surface area contributed by atoms with E-state index in [1.165, 1.54) is 0 Å². The average molecular weight is 284 g/mol. The van der Waals surface area contributed by atoms with Crippen molar-refractivity contribution in [2.75, 3.05) is 0 Å². The van der Waals surface area contributed by atoms with Crippen LogP contribution in [-0.2, 0) is 26.5 Å². The predicted molar refractivity (Wildman–Crippen MR) is 50.1 cm³/mol. The third-order valence-corrected chi connectivity index (χ3v) is 1.01. The van der Waals surface area contributed by atoms with E-state index in [4.69, 9.17) is 10.2 Å². The summed E-state index contributed by atoms with van der Waals surface area (Å²) in [7, 11) is 0. The van der Waals surface area contributed by atoms with Crippen molar-refractivity contribution < 1.29 is 51.1 Å². The average Bonchev–Trinajstić information content (AvgIpc) is 2.18. The first-order valence-corrected chi connectivity index (χ1v) is 3.88. The van der Waals surface area contributed by atoms with Gasteiger partial charge in [-0.15, -0.1) is 0 Å². The minimum Gasteiger partial charge on any atom is -0.449 e. The zero-order valence-electron chi connectivity index (χ0n) is 8.25. The van der Waals surface area contributed by atoms with Gasteiger partial charge in [-0.25, -0.2) is 14.4 Å². The Hall–Kier alpha value is -2.05. The molecule has 7 nitrogen and oxygen atoms in total. The van der Waals surface area contributed by atoms with Crippen LogP contribution < -0.4 is 0 Å². The van der Waals surface area contributed by atoms with E-state index in [0.29, 0.717) is 0 Å². The van der Waals surface area contributed by atoms with Gasteiger partial charge in [0.25, 0.3) is 0 Å². The van der Waals surface area contributed by atoms with Crippen molar-refractivity contribution in [2.24, 2.45) is 0 Å².